The molecule has 142 valence electrons. The van der Waals surface area contributed by atoms with Crippen LogP contribution in [0.1, 0.15) is 6.92 Å². The van der Waals surface area contributed by atoms with Gasteiger partial charge in [0.2, 0.25) is 0 Å². The van der Waals surface area contributed by atoms with Crippen molar-refractivity contribution < 1.29 is 17.9 Å². The van der Waals surface area contributed by atoms with E-state index < -0.39 is 21.9 Å². The summed E-state index contributed by atoms with van der Waals surface area (Å²) in [5.41, 5.74) is 1.18. The molecule has 2 aliphatic heterocycles. The predicted molar refractivity (Wildman–Crippen MR) is 106 cm³/mol. The molecule has 0 bridgehead atoms. The summed E-state index contributed by atoms with van der Waals surface area (Å²) in [6.07, 6.45) is 0. The molecular weight excluding hydrogens is 388 g/mol. The number of nitrogens with zero attached hydrogens (tertiary/aromatic N) is 2. The highest BCUT2D eigenvalue weighted by atomic mass is 35.5. The largest absolute Gasteiger partial charge is 0.494 e. The maximum atomic E-state index is 13.3. The maximum Gasteiger partial charge on any atom is 0.329 e. The molecule has 0 spiro atoms. The number of sulfone groups is 1. The van der Waals surface area contributed by atoms with Crippen LogP contribution in [-0.4, -0.2) is 44.6 Å². The summed E-state index contributed by atoms with van der Waals surface area (Å²) >= 11 is 6.30. The van der Waals surface area contributed by atoms with Gasteiger partial charge in [-0.15, -0.1) is 0 Å². The number of fused-ring (bicyclic) bond motifs is 1. The van der Waals surface area contributed by atoms with Crippen LogP contribution in [0.5, 0.6) is 5.75 Å². The second kappa shape index (κ2) is 6.73. The van der Waals surface area contributed by atoms with Crippen molar-refractivity contribution in [2.75, 3.05) is 27.9 Å². The van der Waals surface area contributed by atoms with Gasteiger partial charge in [0.05, 0.1) is 40.9 Å². The molecule has 0 unspecified atom stereocenters. The smallest absolute Gasteiger partial charge is 0.329 e. The second-order valence-corrected chi connectivity index (χ2v) is 9.17. The Kier molecular flexibility index (Phi) is 4.52. The Balaban J connectivity index is 1.76. The summed E-state index contributed by atoms with van der Waals surface area (Å²) in [6.45, 7) is 2.44. The Labute approximate surface area is 163 Å². The summed E-state index contributed by atoms with van der Waals surface area (Å²) in [5, 5.41) is 0.419. The number of hydrogen-bond donors (Lipinski definition) is 0. The number of para-hydroxylation sites is 1. The number of halogens is 1. The standard InChI is InChI=1S/C19H19ClN2O4S/c1-2-26-14-9-7-13(8-10-14)21-17-11-27(24,25)12-18(17)22(19(21)23)16-6-4-3-5-15(16)20/h3-10,17-18H,2,11-12H2,1H3/t17-,18-/m0/s1. The SMILES string of the molecule is CCOc1ccc(N2C(=O)N(c3ccccc3Cl)[C@H]3CS(=O)(=O)C[C@@H]32)cc1. The van der Waals surface area contributed by atoms with E-state index in [0.29, 0.717) is 28.8 Å². The lowest BCUT2D eigenvalue weighted by atomic mass is 10.1. The highest BCUT2D eigenvalue weighted by Crippen LogP contribution is 2.40. The Morgan fingerprint density at radius 3 is 2.30 bits per heavy atom. The summed E-state index contributed by atoms with van der Waals surface area (Å²) in [7, 11) is -3.24. The van der Waals surface area contributed by atoms with E-state index in [1.54, 1.807) is 53.4 Å². The van der Waals surface area contributed by atoms with Gasteiger partial charge in [-0.2, -0.15) is 0 Å². The number of carbonyl (C=O) groups excluding carboxylic acids is 1. The quantitative estimate of drug-likeness (QED) is 0.730. The van der Waals surface area contributed by atoms with E-state index in [4.69, 9.17) is 16.3 Å². The number of rotatable bonds is 4. The maximum absolute atomic E-state index is 13.3. The number of urea groups is 1. The molecule has 2 fully saturated rings. The van der Waals surface area contributed by atoms with Gasteiger partial charge >= 0.3 is 6.03 Å². The molecule has 0 aromatic heterocycles. The molecule has 2 amide bonds. The van der Waals surface area contributed by atoms with Gasteiger partial charge < -0.3 is 4.74 Å². The van der Waals surface area contributed by atoms with Crippen LogP contribution >= 0.6 is 11.6 Å². The molecule has 0 saturated carbocycles. The Morgan fingerprint density at radius 2 is 1.67 bits per heavy atom. The normalized spacial score (nSPS) is 23.6. The van der Waals surface area contributed by atoms with E-state index in [1.165, 1.54) is 4.90 Å². The highest BCUT2D eigenvalue weighted by Gasteiger charge is 2.54. The minimum absolute atomic E-state index is 0.0580. The first kappa shape index (κ1) is 18.1. The van der Waals surface area contributed by atoms with E-state index in [2.05, 4.69) is 0 Å². The number of ether oxygens (including phenoxy) is 1. The minimum atomic E-state index is -3.24. The van der Waals surface area contributed by atoms with Gasteiger partial charge in [0.25, 0.3) is 0 Å². The van der Waals surface area contributed by atoms with Crippen LogP contribution in [0.2, 0.25) is 5.02 Å². The minimum Gasteiger partial charge on any atom is -0.494 e. The van der Waals surface area contributed by atoms with Crippen molar-refractivity contribution in [1.29, 1.82) is 0 Å². The summed E-state index contributed by atoms with van der Waals surface area (Å²) < 4.78 is 30.1. The number of anilines is 2. The molecule has 2 atom stereocenters. The Bertz CT molecular complexity index is 977. The van der Waals surface area contributed by atoms with Crippen molar-refractivity contribution in [3.8, 4) is 5.75 Å². The van der Waals surface area contributed by atoms with Gasteiger partial charge in [-0.1, -0.05) is 23.7 Å². The van der Waals surface area contributed by atoms with E-state index in [9.17, 15) is 13.2 Å². The lowest BCUT2D eigenvalue weighted by Crippen LogP contribution is -2.38. The lowest BCUT2D eigenvalue weighted by molar-refractivity contribution is 0.255. The predicted octanol–water partition coefficient (Wildman–Crippen LogP) is 3.35. The van der Waals surface area contributed by atoms with E-state index in [0.717, 1.165) is 0 Å². The number of carbonyl (C=O) groups is 1. The highest BCUT2D eigenvalue weighted by molar-refractivity contribution is 7.91. The molecule has 2 aromatic carbocycles. The van der Waals surface area contributed by atoms with Crippen LogP contribution in [0.4, 0.5) is 16.2 Å². The monoisotopic (exact) mass is 406 g/mol. The van der Waals surface area contributed by atoms with Gasteiger partial charge in [-0.3, -0.25) is 9.80 Å². The van der Waals surface area contributed by atoms with E-state index >= 15 is 0 Å². The zero-order valence-corrected chi connectivity index (χ0v) is 16.3. The molecule has 2 aromatic rings. The van der Waals surface area contributed by atoms with Gasteiger partial charge in [0, 0.05) is 5.69 Å². The molecule has 0 aliphatic carbocycles. The molecule has 8 heteroatoms. The third-order valence-corrected chi connectivity index (χ3v) is 6.93. The summed E-state index contributed by atoms with van der Waals surface area (Å²) in [6, 6.07) is 12.9. The molecule has 2 heterocycles. The third kappa shape index (κ3) is 3.15. The average Bonchev–Trinajstić information content (AvgIpc) is 3.06. The van der Waals surface area contributed by atoms with Gasteiger partial charge in [-0.25, -0.2) is 13.2 Å². The van der Waals surface area contributed by atoms with E-state index in [1.807, 2.05) is 6.92 Å². The zero-order chi connectivity index (χ0) is 19.2. The molecule has 0 radical (unpaired) electrons. The molecule has 27 heavy (non-hydrogen) atoms. The molecule has 2 aliphatic rings. The summed E-state index contributed by atoms with van der Waals surface area (Å²) in [4.78, 5) is 16.3. The van der Waals surface area contributed by atoms with Crippen LogP contribution in [-0.2, 0) is 9.84 Å². The van der Waals surface area contributed by atoms with Crippen molar-refractivity contribution in [1.82, 2.24) is 0 Å². The van der Waals surface area contributed by atoms with Crippen molar-refractivity contribution in [2.45, 2.75) is 19.0 Å². The topological polar surface area (TPSA) is 66.9 Å². The Hall–Kier alpha value is -2.25. The first-order valence-corrected chi connectivity index (χ1v) is 10.9. The molecule has 6 nitrogen and oxygen atoms in total. The van der Waals surface area contributed by atoms with Gasteiger partial charge in [0.15, 0.2) is 9.84 Å². The van der Waals surface area contributed by atoms with Crippen LogP contribution in [0.25, 0.3) is 0 Å². The average molecular weight is 407 g/mol. The van der Waals surface area contributed by atoms with Crippen LogP contribution in [0, 0.1) is 0 Å². The van der Waals surface area contributed by atoms with Crippen molar-refractivity contribution >= 4 is 38.8 Å². The van der Waals surface area contributed by atoms with Crippen molar-refractivity contribution in [3.05, 3.63) is 53.6 Å². The first-order chi connectivity index (χ1) is 12.9. The van der Waals surface area contributed by atoms with E-state index in [-0.39, 0.29) is 17.5 Å². The third-order valence-electron chi connectivity index (χ3n) is 4.91. The number of amides is 2. The van der Waals surface area contributed by atoms with Crippen LogP contribution < -0.4 is 14.5 Å². The Morgan fingerprint density at radius 1 is 1.04 bits per heavy atom. The number of benzene rings is 2. The molecule has 4 rings (SSSR count). The lowest BCUT2D eigenvalue weighted by Gasteiger charge is -2.23. The fourth-order valence-electron chi connectivity index (χ4n) is 3.80. The number of hydrogen-bond acceptors (Lipinski definition) is 4. The van der Waals surface area contributed by atoms with Crippen LogP contribution in [0.3, 0.4) is 0 Å². The fourth-order valence-corrected chi connectivity index (χ4v) is 5.95. The molecule has 2 saturated heterocycles. The zero-order valence-electron chi connectivity index (χ0n) is 14.7. The van der Waals surface area contributed by atoms with Gasteiger partial charge in [0.1, 0.15) is 5.75 Å². The summed E-state index contributed by atoms with van der Waals surface area (Å²) in [5.74, 6) is 0.575. The van der Waals surface area contributed by atoms with Crippen molar-refractivity contribution in [3.63, 3.8) is 0 Å². The van der Waals surface area contributed by atoms with Gasteiger partial charge in [-0.05, 0) is 43.3 Å². The second-order valence-electron chi connectivity index (χ2n) is 6.61. The first-order valence-electron chi connectivity index (χ1n) is 8.71. The van der Waals surface area contributed by atoms with Crippen molar-refractivity contribution in [2.24, 2.45) is 0 Å². The van der Waals surface area contributed by atoms with Crippen LogP contribution in [0.15, 0.2) is 48.5 Å². The molecular formula is C19H19ClN2O4S. The fraction of sp³-hybridized carbons (Fsp3) is 0.316. The molecule has 0 N–H and O–H groups in total.